The first kappa shape index (κ1) is 17.2. The van der Waals surface area contributed by atoms with Crippen molar-refractivity contribution in [3.8, 4) is 17.0 Å². The smallest absolute Gasteiger partial charge is 0.433 e. The third-order valence-electron chi connectivity index (χ3n) is 3.73. The topological polar surface area (TPSA) is 56.5 Å². The molecule has 2 heterocycles. The van der Waals surface area contributed by atoms with Gasteiger partial charge in [-0.2, -0.15) is 18.3 Å². The summed E-state index contributed by atoms with van der Waals surface area (Å²) in [7, 11) is 1.48. The Morgan fingerprint density at radius 3 is 2.40 bits per heavy atom. The van der Waals surface area contributed by atoms with E-state index in [1.807, 2.05) is 0 Å². The maximum Gasteiger partial charge on any atom is 0.433 e. The van der Waals surface area contributed by atoms with Crippen molar-refractivity contribution in [3.05, 3.63) is 47.3 Å². The molecule has 0 fully saturated rings. The molecule has 9 heteroatoms. The highest BCUT2D eigenvalue weighted by Crippen LogP contribution is 2.36. The zero-order valence-electron chi connectivity index (χ0n) is 13.1. The second-order valence-corrected chi connectivity index (χ2v) is 5.57. The Balaban J connectivity index is 2.36. The first-order chi connectivity index (χ1) is 11.7. The highest BCUT2D eigenvalue weighted by Gasteiger charge is 2.38. The predicted molar refractivity (Wildman–Crippen MR) is 84.9 cm³/mol. The standard InChI is InChI=1S/C16H11ClF3N3O2/c1-8-12(9-3-5-10(25-2)6-4-9)22-15-11(14(17)24)7-21-23(15)13(8)16(18,19)20/h3-7H,1-2H3. The average Bonchev–Trinajstić information content (AvgIpc) is 2.96. The normalized spacial score (nSPS) is 11.8. The van der Waals surface area contributed by atoms with Gasteiger partial charge in [-0.05, 0) is 42.8 Å². The summed E-state index contributed by atoms with van der Waals surface area (Å²) in [4.78, 5) is 15.7. The van der Waals surface area contributed by atoms with Crippen LogP contribution in [0.1, 0.15) is 21.6 Å². The van der Waals surface area contributed by atoms with Crippen LogP contribution < -0.4 is 4.74 Å². The molecule has 130 valence electrons. The number of rotatable bonds is 3. The number of alkyl halides is 3. The van der Waals surface area contributed by atoms with Crippen molar-refractivity contribution in [2.24, 2.45) is 0 Å². The lowest BCUT2D eigenvalue weighted by Crippen LogP contribution is -2.17. The fraction of sp³-hybridized carbons (Fsp3) is 0.188. The van der Waals surface area contributed by atoms with E-state index in [0.29, 0.717) is 15.8 Å². The van der Waals surface area contributed by atoms with Crippen molar-refractivity contribution in [3.63, 3.8) is 0 Å². The molecule has 3 aromatic rings. The van der Waals surface area contributed by atoms with Crippen molar-refractivity contribution >= 4 is 22.5 Å². The van der Waals surface area contributed by atoms with Gasteiger partial charge >= 0.3 is 6.18 Å². The third kappa shape index (κ3) is 2.93. The molecule has 0 atom stereocenters. The van der Waals surface area contributed by atoms with Gasteiger partial charge in [0.2, 0.25) is 0 Å². The molecule has 3 rings (SSSR count). The van der Waals surface area contributed by atoms with Crippen LogP contribution in [0.2, 0.25) is 0 Å². The summed E-state index contributed by atoms with van der Waals surface area (Å²) in [6.07, 6.45) is -3.71. The number of nitrogens with zero attached hydrogens (tertiary/aromatic N) is 3. The number of hydrogen-bond acceptors (Lipinski definition) is 4. The van der Waals surface area contributed by atoms with E-state index in [4.69, 9.17) is 16.3 Å². The zero-order valence-corrected chi connectivity index (χ0v) is 13.8. The quantitative estimate of drug-likeness (QED) is 0.652. The number of carbonyl (C=O) groups is 1. The minimum absolute atomic E-state index is 0.0853. The molecule has 0 radical (unpaired) electrons. The minimum atomic E-state index is -4.69. The van der Waals surface area contributed by atoms with Crippen molar-refractivity contribution in [1.29, 1.82) is 0 Å². The van der Waals surface area contributed by atoms with Crippen LogP contribution in [-0.2, 0) is 6.18 Å². The molecule has 25 heavy (non-hydrogen) atoms. The Hall–Kier alpha value is -2.61. The van der Waals surface area contributed by atoms with E-state index in [1.165, 1.54) is 14.0 Å². The minimum Gasteiger partial charge on any atom is -0.497 e. The number of halogens is 4. The first-order valence-electron chi connectivity index (χ1n) is 7.04. The van der Waals surface area contributed by atoms with Crippen molar-refractivity contribution < 1.29 is 22.7 Å². The summed E-state index contributed by atoms with van der Waals surface area (Å²) in [6.45, 7) is 1.30. The number of ether oxygens (including phenoxy) is 1. The summed E-state index contributed by atoms with van der Waals surface area (Å²) in [5.41, 5.74) is -1.03. The van der Waals surface area contributed by atoms with Crippen LogP contribution in [0.15, 0.2) is 30.5 Å². The van der Waals surface area contributed by atoms with Gasteiger partial charge in [-0.3, -0.25) is 4.79 Å². The van der Waals surface area contributed by atoms with Gasteiger partial charge in [-0.15, -0.1) is 0 Å². The number of carbonyl (C=O) groups excluding carboxylic acids is 1. The second kappa shape index (κ2) is 6.03. The van der Waals surface area contributed by atoms with Gasteiger partial charge < -0.3 is 4.74 Å². The predicted octanol–water partition coefficient (Wildman–Crippen LogP) is 4.11. The third-order valence-corrected chi connectivity index (χ3v) is 3.93. The molecule has 0 aliphatic carbocycles. The summed E-state index contributed by atoms with van der Waals surface area (Å²) >= 11 is 5.44. The molecule has 2 aromatic heterocycles. The Bertz CT molecular complexity index is 965. The fourth-order valence-corrected chi connectivity index (χ4v) is 2.71. The molecule has 5 nitrogen and oxygen atoms in total. The SMILES string of the molecule is COc1ccc(-c2nc3c(C(=O)Cl)cnn3c(C(F)(F)F)c2C)cc1. The van der Waals surface area contributed by atoms with Gasteiger partial charge in [0.1, 0.15) is 5.75 Å². The molecule has 0 spiro atoms. The summed E-state index contributed by atoms with van der Waals surface area (Å²) in [6, 6.07) is 6.39. The number of aromatic nitrogens is 3. The lowest BCUT2D eigenvalue weighted by Gasteiger charge is -2.15. The molecule has 0 bridgehead atoms. The number of hydrogen-bond donors (Lipinski definition) is 0. The van der Waals surface area contributed by atoms with Crippen LogP contribution in [0.5, 0.6) is 5.75 Å². The van der Waals surface area contributed by atoms with Gasteiger partial charge in [0, 0.05) is 11.1 Å². The van der Waals surface area contributed by atoms with Crippen molar-refractivity contribution in [2.45, 2.75) is 13.1 Å². The summed E-state index contributed by atoms with van der Waals surface area (Å²) in [5, 5.41) is 2.71. The van der Waals surface area contributed by atoms with E-state index >= 15 is 0 Å². The first-order valence-corrected chi connectivity index (χ1v) is 7.41. The van der Waals surface area contributed by atoms with Crippen LogP contribution in [0, 0.1) is 6.92 Å². The molecule has 0 saturated carbocycles. The maximum absolute atomic E-state index is 13.6. The Kier molecular flexibility index (Phi) is 4.16. The van der Waals surface area contributed by atoms with Gasteiger partial charge in [0.25, 0.3) is 5.24 Å². The molecule has 0 unspecified atom stereocenters. The Morgan fingerprint density at radius 2 is 1.88 bits per heavy atom. The van der Waals surface area contributed by atoms with Crippen LogP contribution in [0.4, 0.5) is 13.2 Å². The van der Waals surface area contributed by atoms with Gasteiger partial charge in [-0.1, -0.05) is 0 Å². The number of methoxy groups -OCH3 is 1. The van der Waals surface area contributed by atoms with Crippen molar-refractivity contribution in [2.75, 3.05) is 7.11 Å². The molecule has 1 aromatic carbocycles. The van der Waals surface area contributed by atoms with Crippen LogP contribution in [0.3, 0.4) is 0 Å². The lowest BCUT2D eigenvalue weighted by molar-refractivity contribution is -0.143. The average molecular weight is 370 g/mol. The summed E-state index contributed by atoms with van der Waals surface area (Å²) in [5.74, 6) is 0.555. The van der Waals surface area contributed by atoms with E-state index in [2.05, 4.69) is 10.1 Å². The second-order valence-electron chi connectivity index (χ2n) is 5.23. The van der Waals surface area contributed by atoms with Gasteiger partial charge in [-0.25, -0.2) is 9.50 Å². The van der Waals surface area contributed by atoms with Crippen LogP contribution in [0.25, 0.3) is 16.9 Å². The van der Waals surface area contributed by atoms with E-state index in [0.717, 1.165) is 6.20 Å². The van der Waals surface area contributed by atoms with Gasteiger partial charge in [0.15, 0.2) is 11.3 Å². The highest BCUT2D eigenvalue weighted by atomic mass is 35.5. The highest BCUT2D eigenvalue weighted by molar-refractivity contribution is 6.68. The Morgan fingerprint density at radius 1 is 1.24 bits per heavy atom. The lowest BCUT2D eigenvalue weighted by atomic mass is 10.0. The monoisotopic (exact) mass is 369 g/mol. The molecular formula is C16H11ClF3N3O2. The summed E-state index contributed by atoms with van der Waals surface area (Å²) < 4.78 is 46.4. The van der Waals surface area contributed by atoms with Crippen molar-refractivity contribution in [1.82, 2.24) is 14.6 Å². The van der Waals surface area contributed by atoms with E-state index in [-0.39, 0.29) is 22.5 Å². The maximum atomic E-state index is 13.6. The largest absolute Gasteiger partial charge is 0.497 e. The van der Waals surface area contributed by atoms with E-state index in [9.17, 15) is 18.0 Å². The number of fused-ring (bicyclic) bond motifs is 1. The molecular weight excluding hydrogens is 359 g/mol. The van der Waals surface area contributed by atoms with Crippen LogP contribution >= 0.6 is 11.6 Å². The fourth-order valence-electron chi connectivity index (χ4n) is 2.58. The Labute approximate surface area is 145 Å². The molecule has 0 aliphatic heterocycles. The molecule has 0 amide bonds. The van der Waals surface area contributed by atoms with Crippen LogP contribution in [-0.4, -0.2) is 27.0 Å². The molecule has 0 N–H and O–H groups in total. The molecule has 0 aliphatic rings. The number of benzene rings is 1. The zero-order chi connectivity index (χ0) is 18.4. The van der Waals surface area contributed by atoms with E-state index < -0.39 is 17.1 Å². The van der Waals surface area contributed by atoms with Gasteiger partial charge in [0.05, 0.1) is 24.6 Å². The van der Waals surface area contributed by atoms with E-state index in [1.54, 1.807) is 24.3 Å². The molecule has 0 saturated heterocycles.